The molecule has 1 fully saturated rings. The van der Waals surface area contributed by atoms with Crippen molar-refractivity contribution >= 4 is 0 Å². The quantitative estimate of drug-likeness (QED) is 0.779. The molecular formula is C21H25F2NO3. The highest BCUT2D eigenvalue weighted by molar-refractivity contribution is 5.30. The average molecular weight is 377 g/mol. The van der Waals surface area contributed by atoms with Crippen LogP contribution in [0.3, 0.4) is 0 Å². The first-order valence-electron chi connectivity index (χ1n) is 9.22. The van der Waals surface area contributed by atoms with Crippen molar-refractivity contribution in [1.82, 2.24) is 4.90 Å². The molecule has 0 unspecified atom stereocenters. The number of ether oxygens (including phenoxy) is 1. The first kappa shape index (κ1) is 19.9. The number of aliphatic hydroxyl groups is 2. The Labute approximate surface area is 158 Å². The molecule has 146 valence electrons. The zero-order valence-electron chi connectivity index (χ0n) is 15.1. The first-order chi connectivity index (χ1) is 13.0. The topological polar surface area (TPSA) is 52.9 Å². The highest BCUT2D eigenvalue weighted by atomic mass is 19.1. The van der Waals surface area contributed by atoms with Gasteiger partial charge in [0.1, 0.15) is 17.7 Å². The smallest absolute Gasteiger partial charge is 0.123 e. The molecular weight excluding hydrogens is 352 g/mol. The van der Waals surface area contributed by atoms with Gasteiger partial charge in [0.25, 0.3) is 0 Å². The minimum absolute atomic E-state index is 0.0754. The zero-order chi connectivity index (χ0) is 19.2. The standard InChI is InChI=1S/C21H25F2NO3/c22-17-7-3-15(4-8-17)21(16-5-9-18(23)10-6-16)27-14-20(26)13-24-11-1-2-19(25)12-24/h3-10,19-21,25-26H,1-2,11-14H2/t19-,20-/m0/s1. The predicted molar refractivity (Wildman–Crippen MR) is 98.3 cm³/mol. The predicted octanol–water partition coefficient (Wildman–Crippen LogP) is 2.89. The van der Waals surface area contributed by atoms with Crippen LogP contribution < -0.4 is 0 Å². The lowest BCUT2D eigenvalue weighted by Gasteiger charge is -2.31. The second kappa shape index (κ2) is 9.37. The average Bonchev–Trinajstić information content (AvgIpc) is 2.64. The number of hydrogen-bond donors (Lipinski definition) is 2. The number of hydrogen-bond acceptors (Lipinski definition) is 4. The van der Waals surface area contributed by atoms with Crippen LogP contribution >= 0.6 is 0 Å². The number of rotatable bonds is 7. The van der Waals surface area contributed by atoms with Gasteiger partial charge in [-0.2, -0.15) is 0 Å². The lowest BCUT2D eigenvalue weighted by molar-refractivity contribution is -0.0205. The fourth-order valence-corrected chi connectivity index (χ4v) is 3.42. The van der Waals surface area contributed by atoms with Crippen molar-refractivity contribution in [2.75, 3.05) is 26.2 Å². The van der Waals surface area contributed by atoms with Crippen molar-refractivity contribution in [3.63, 3.8) is 0 Å². The molecule has 2 aromatic rings. The van der Waals surface area contributed by atoms with E-state index in [1.807, 2.05) is 4.90 Å². The van der Waals surface area contributed by atoms with Gasteiger partial charge in [0.2, 0.25) is 0 Å². The number of nitrogens with zero attached hydrogens (tertiary/aromatic N) is 1. The van der Waals surface area contributed by atoms with Gasteiger partial charge in [0, 0.05) is 13.1 Å². The minimum atomic E-state index is -0.723. The number of aliphatic hydroxyl groups excluding tert-OH is 2. The Kier molecular flexibility index (Phi) is 6.90. The molecule has 1 aliphatic heterocycles. The van der Waals surface area contributed by atoms with Gasteiger partial charge in [-0.3, -0.25) is 4.90 Å². The fourth-order valence-electron chi connectivity index (χ4n) is 3.42. The Morgan fingerprint density at radius 1 is 1.00 bits per heavy atom. The Bertz CT molecular complexity index is 663. The van der Waals surface area contributed by atoms with Crippen LogP contribution in [0.2, 0.25) is 0 Å². The first-order valence-corrected chi connectivity index (χ1v) is 9.22. The summed E-state index contributed by atoms with van der Waals surface area (Å²) in [6.45, 7) is 1.88. The Morgan fingerprint density at radius 3 is 2.07 bits per heavy atom. The van der Waals surface area contributed by atoms with Crippen molar-refractivity contribution in [3.8, 4) is 0 Å². The molecule has 2 aromatic carbocycles. The van der Waals surface area contributed by atoms with E-state index in [0.29, 0.717) is 13.1 Å². The van der Waals surface area contributed by atoms with Gasteiger partial charge in [-0.25, -0.2) is 8.78 Å². The molecule has 0 aromatic heterocycles. The summed E-state index contributed by atoms with van der Waals surface area (Å²) in [5.41, 5.74) is 1.45. The summed E-state index contributed by atoms with van der Waals surface area (Å²) in [5, 5.41) is 20.1. The molecule has 0 aliphatic carbocycles. The van der Waals surface area contributed by atoms with Crippen molar-refractivity contribution in [2.45, 2.75) is 31.2 Å². The van der Waals surface area contributed by atoms with Gasteiger partial charge in [0.15, 0.2) is 0 Å². The van der Waals surface area contributed by atoms with Gasteiger partial charge in [-0.1, -0.05) is 24.3 Å². The third-order valence-corrected chi connectivity index (χ3v) is 4.75. The van der Waals surface area contributed by atoms with E-state index < -0.39 is 12.2 Å². The summed E-state index contributed by atoms with van der Waals surface area (Å²) in [5.74, 6) is -0.694. The maximum atomic E-state index is 13.3. The fraction of sp³-hybridized carbons (Fsp3) is 0.429. The van der Waals surface area contributed by atoms with Crippen LogP contribution in [0.15, 0.2) is 48.5 Å². The lowest BCUT2D eigenvalue weighted by Crippen LogP contribution is -2.43. The molecule has 1 heterocycles. The molecule has 0 radical (unpaired) electrons. The normalized spacial score (nSPS) is 19.4. The highest BCUT2D eigenvalue weighted by Gasteiger charge is 2.22. The second-order valence-corrected chi connectivity index (χ2v) is 7.03. The van der Waals surface area contributed by atoms with Crippen LogP contribution in [0.25, 0.3) is 0 Å². The summed E-state index contributed by atoms with van der Waals surface area (Å²) in [6, 6.07) is 11.9. The van der Waals surface area contributed by atoms with Crippen molar-refractivity contribution in [1.29, 1.82) is 0 Å². The van der Waals surface area contributed by atoms with E-state index in [0.717, 1.165) is 30.5 Å². The number of benzene rings is 2. The van der Waals surface area contributed by atoms with E-state index in [2.05, 4.69) is 0 Å². The van der Waals surface area contributed by atoms with Crippen LogP contribution in [0.4, 0.5) is 8.78 Å². The molecule has 1 saturated heterocycles. The van der Waals surface area contributed by atoms with E-state index in [9.17, 15) is 19.0 Å². The number of halogens is 2. The molecule has 0 bridgehead atoms. The van der Waals surface area contributed by atoms with Crippen LogP contribution in [0.1, 0.15) is 30.1 Å². The van der Waals surface area contributed by atoms with Gasteiger partial charge >= 0.3 is 0 Å². The lowest BCUT2D eigenvalue weighted by atomic mass is 10.0. The SMILES string of the molecule is O[C@H](COC(c1ccc(F)cc1)c1ccc(F)cc1)CN1CCC[C@H](O)C1. The molecule has 2 atom stereocenters. The van der Waals surface area contributed by atoms with E-state index >= 15 is 0 Å². The summed E-state index contributed by atoms with van der Waals surface area (Å²) < 4.78 is 32.5. The number of β-amino-alcohol motifs (C(OH)–C–C–N with tert-alkyl or cyclic N) is 2. The molecule has 27 heavy (non-hydrogen) atoms. The zero-order valence-corrected chi connectivity index (χ0v) is 15.1. The van der Waals surface area contributed by atoms with Gasteiger partial charge in [-0.05, 0) is 54.8 Å². The molecule has 2 N–H and O–H groups in total. The van der Waals surface area contributed by atoms with Crippen LogP contribution in [-0.2, 0) is 4.74 Å². The van der Waals surface area contributed by atoms with Gasteiger partial charge in [0.05, 0.1) is 18.8 Å². The summed E-state index contributed by atoms with van der Waals surface area (Å²) in [7, 11) is 0. The van der Waals surface area contributed by atoms with Crippen LogP contribution in [0, 0.1) is 11.6 Å². The Balaban J connectivity index is 1.66. The Morgan fingerprint density at radius 2 is 1.56 bits per heavy atom. The van der Waals surface area contributed by atoms with Crippen molar-refractivity contribution < 1.29 is 23.7 Å². The monoisotopic (exact) mass is 377 g/mol. The van der Waals surface area contributed by atoms with Gasteiger partial charge < -0.3 is 14.9 Å². The van der Waals surface area contributed by atoms with Crippen molar-refractivity contribution in [3.05, 3.63) is 71.3 Å². The summed E-state index contributed by atoms with van der Waals surface area (Å²) in [6.07, 6.45) is 0.0903. The maximum Gasteiger partial charge on any atom is 0.123 e. The molecule has 0 spiro atoms. The maximum absolute atomic E-state index is 13.3. The third kappa shape index (κ3) is 5.81. The summed E-state index contributed by atoms with van der Waals surface area (Å²) in [4.78, 5) is 2.02. The van der Waals surface area contributed by atoms with E-state index in [-0.39, 0.29) is 24.3 Å². The molecule has 6 heteroatoms. The largest absolute Gasteiger partial charge is 0.392 e. The highest BCUT2D eigenvalue weighted by Crippen LogP contribution is 2.27. The third-order valence-electron chi connectivity index (χ3n) is 4.75. The van der Waals surface area contributed by atoms with Crippen LogP contribution in [0.5, 0.6) is 0 Å². The molecule has 0 saturated carbocycles. The van der Waals surface area contributed by atoms with E-state index in [1.165, 1.54) is 24.3 Å². The van der Waals surface area contributed by atoms with Gasteiger partial charge in [-0.15, -0.1) is 0 Å². The van der Waals surface area contributed by atoms with Crippen molar-refractivity contribution in [2.24, 2.45) is 0 Å². The minimum Gasteiger partial charge on any atom is -0.392 e. The Hall–Kier alpha value is -1.86. The number of piperidine rings is 1. The molecule has 3 rings (SSSR count). The van der Waals surface area contributed by atoms with Crippen LogP contribution in [-0.4, -0.2) is 53.6 Å². The molecule has 1 aliphatic rings. The van der Waals surface area contributed by atoms with E-state index in [1.54, 1.807) is 24.3 Å². The molecule has 4 nitrogen and oxygen atoms in total. The second-order valence-electron chi connectivity index (χ2n) is 7.03. The summed E-state index contributed by atoms with van der Waals surface area (Å²) >= 11 is 0. The van der Waals surface area contributed by atoms with E-state index in [4.69, 9.17) is 4.74 Å². The molecule has 0 amide bonds. The number of likely N-dealkylation sites (tertiary alicyclic amines) is 1.